The fraction of sp³-hybridized carbons (Fsp3) is 0.471. The van der Waals surface area contributed by atoms with E-state index in [4.69, 9.17) is 4.74 Å². The van der Waals surface area contributed by atoms with Gasteiger partial charge in [0.15, 0.2) is 0 Å². The molecule has 25 heavy (non-hydrogen) atoms. The van der Waals surface area contributed by atoms with Crippen LogP contribution in [0.4, 0.5) is 11.4 Å². The second kappa shape index (κ2) is 7.95. The maximum absolute atomic E-state index is 12.4. The molecule has 0 saturated carbocycles. The Balaban J connectivity index is 0.00000225. The van der Waals surface area contributed by atoms with Crippen molar-refractivity contribution in [2.24, 2.45) is 0 Å². The van der Waals surface area contributed by atoms with Crippen molar-refractivity contribution in [3.8, 4) is 0 Å². The molecule has 3 amide bonds. The number of nitrogens with one attached hydrogen (secondary N) is 2. The highest BCUT2D eigenvalue weighted by molar-refractivity contribution is 6.20. The first-order chi connectivity index (χ1) is 11.5. The molecule has 2 aliphatic heterocycles. The Bertz CT molecular complexity index is 678. The number of rotatable bonds is 3. The molecule has 7 nitrogen and oxygen atoms in total. The molecule has 8 heteroatoms. The van der Waals surface area contributed by atoms with Gasteiger partial charge in [0.2, 0.25) is 17.7 Å². The Kier molecular flexibility index (Phi) is 6.16. The Labute approximate surface area is 152 Å². The van der Waals surface area contributed by atoms with E-state index in [1.807, 2.05) is 13.8 Å². The van der Waals surface area contributed by atoms with Crippen molar-refractivity contribution in [2.75, 3.05) is 23.4 Å². The summed E-state index contributed by atoms with van der Waals surface area (Å²) in [5, 5.41) is 5.96. The largest absolute Gasteiger partial charge is 0.375 e. The van der Waals surface area contributed by atoms with Gasteiger partial charge in [-0.25, -0.2) is 0 Å². The number of hydrogen-bond acceptors (Lipinski definition) is 5. The molecule has 3 rings (SSSR count). The van der Waals surface area contributed by atoms with Crippen LogP contribution in [-0.2, 0) is 19.1 Å². The summed E-state index contributed by atoms with van der Waals surface area (Å²) in [6.45, 7) is 4.88. The van der Waals surface area contributed by atoms with Gasteiger partial charge in [-0.2, -0.15) is 0 Å². The van der Waals surface area contributed by atoms with Gasteiger partial charge in [0.25, 0.3) is 0 Å². The van der Waals surface area contributed by atoms with E-state index >= 15 is 0 Å². The molecule has 2 N–H and O–H groups in total. The van der Waals surface area contributed by atoms with Gasteiger partial charge in [-0.05, 0) is 31.5 Å². The van der Waals surface area contributed by atoms with Gasteiger partial charge in [0.1, 0.15) is 6.04 Å². The third-order valence-corrected chi connectivity index (χ3v) is 4.37. The van der Waals surface area contributed by atoms with E-state index in [9.17, 15) is 14.4 Å². The molecule has 0 unspecified atom stereocenters. The van der Waals surface area contributed by atoms with Crippen LogP contribution in [0.25, 0.3) is 0 Å². The van der Waals surface area contributed by atoms with Gasteiger partial charge in [-0.1, -0.05) is 6.07 Å². The topological polar surface area (TPSA) is 87.7 Å². The number of aryl methyl sites for hydroxylation is 1. The zero-order valence-corrected chi connectivity index (χ0v) is 15.0. The fourth-order valence-corrected chi connectivity index (χ4v) is 3.02. The van der Waals surface area contributed by atoms with Crippen molar-refractivity contribution in [1.29, 1.82) is 0 Å². The summed E-state index contributed by atoms with van der Waals surface area (Å²) in [5.41, 5.74) is 1.89. The number of benzene rings is 1. The van der Waals surface area contributed by atoms with Gasteiger partial charge < -0.3 is 15.4 Å². The molecule has 1 aromatic rings. The van der Waals surface area contributed by atoms with Crippen molar-refractivity contribution < 1.29 is 19.1 Å². The Morgan fingerprint density at radius 1 is 1.28 bits per heavy atom. The molecule has 0 aromatic heterocycles. The molecule has 2 heterocycles. The minimum absolute atomic E-state index is 0. The standard InChI is InChI=1S/C17H21N3O4.ClH/c1-10-3-4-12(9-13(10)20-14(21)5-6-15(20)22)19-17(23)16-11(2)24-8-7-18-16;/h3-4,9,11,16,18H,5-8H2,1-2H3,(H,19,23);1H/t11-,16+;/m1./s1. The molecular formula is C17H22ClN3O4. The predicted molar refractivity (Wildman–Crippen MR) is 96.0 cm³/mol. The average molecular weight is 368 g/mol. The number of imide groups is 1. The van der Waals surface area contributed by atoms with Crippen molar-refractivity contribution in [1.82, 2.24) is 5.32 Å². The van der Waals surface area contributed by atoms with Crippen LogP contribution in [0.1, 0.15) is 25.3 Å². The second-order valence-corrected chi connectivity index (χ2v) is 6.12. The molecule has 2 saturated heterocycles. The highest BCUT2D eigenvalue weighted by atomic mass is 35.5. The third kappa shape index (κ3) is 4.00. The number of carbonyl (C=O) groups excluding carboxylic acids is 3. The van der Waals surface area contributed by atoms with Crippen LogP contribution >= 0.6 is 12.4 Å². The van der Waals surface area contributed by atoms with Gasteiger partial charge in [-0.3, -0.25) is 19.3 Å². The van der Waals surface area contributed by atoms with Gasteiger partial charge in [-0.15, -0.1) is 12.4 Å². The van der Waals surface area contributed by atoms with Crippen molar-refractivity contribution in [3.05, 3.63) is 23.8 Å². The summed E-state index contributed by atoms with van der Waals surface area (Å²) < 4.78 is 5.48. The Morgan fingerprint density at radius 2 is 1.96 bits per heavy atom. The van der Waals surface area contributed by atoms with E-state index in [-0.39, 0.29) is 49.1 Å². The fourth-order valence-electron chi connectivity index (χ4n) is 3.02. The summed E-state index contributed by atoms with van der Waals surface area (Å²) in [6, 6.07) is 4.79. The van der Waals surface area contributed by atoms with Crippen LogP contribution in [0.3, 0.4) is 0 Å². The molecule has 2 atom stereocenters. The third-order valence-electron chi connectivity index (χ3n) is 4.37. The zero-order valence-electron chi connectivity index (χ0n) is 14.2. The summed E-state index contributed by atoms with van der Waals surface area (Å²) in [6.07, 6.45) is 0.246. The van der Waals surface area contributed by atoms with E-state index in [0.717, 1.165) is 5.56 Å². The molecule has 136 valence electrons. The van der Waals surface area contributed by atoms with E-state index in [0.29, 0.717) is 24.5 Å². The maximum atomic E-state index is 12.4. The van der Waals surface area contributed by atoms with Gasteiger partial charge in [0, 0.05) is 25.1 Å². The first kappa shape index (κ1) is 19.4. The summed E-state index contributed by atoms with van der Waals surface area (Å²) in [7, 11) is 0. The smallest absolute Gasteiger partial charge is 0.244 e. The Hall–Kier alpha value is -1.96. The van der Waals surface area contributed by atoms with Crippen LogP contribution in [0.2, 0.25) is 0 Å². The highest BCUT2D eigenvalue weighted by Gasteiger charge is 2.32. The van der Waals surface area contributed by atoms with Crippen LogP contribution < -0.4 is 15.5 Å². The number of anilines is 2. The molecule has 2 aliphatic rings. The maximum Gasteiger partial charge on any atom is 0.244 e. The summed E-state index contributed by atoms with van der Waals surface area (Å²) in [4.78, 5) is 37.5. The van der Waals surface area contributed by atoms with E-state index in [2.05, 4.69) is 10.6 Å². The molecule has 0 spiro atoms. The van der Waals surface area contributed by atoms with E-state index < -0.39 is 6.04 Å². The first-order valence-electron chi connectivity index (χ1n) is 8.09. The lowest BCUT2D eigenvalue weighted by molar-refractivity contribution is -0.124. The quantitative estimate of drug-likeness (QED) is 0.788. The number of ether oxygens (including phenoxy) is 1. The second-order valence-electron chi connectivity index (χ2n) is 6.12. The van der Waals surface area contributed by atoms with Gasteiger partial charge in [0.05, 0.1) is 18.4 Å². The van der Waals surface area contributed by atoms with Crippen LogP contribution in [-0.4, -0.2) is 43.0 Å². The average Bonchev–Trinajstić information content (AvgIpc) is 2.88. The van der Waals surface area contributed by atoms with Crippen molar-refractivity contribution in [3.63, 3.8) is 0 Å². The molecule has 1 aromatic carbocycles. The number of morpholine rings is 1. The predicted octanol–water partition coefficient (Wildman–Crippen LogP) is 1.39. The number of halogens is 1. The monoisotopic (exact) mass is 367 g/mol. The summed E-state index contributed by atoms with van der Waals surface area (Å²) >= 11 is 0. The van der Waals surface area contributed by atoms with E-state index in [1.54, 1.807) is 18.2 Å². The molecule has 0 bridgehead atoms. The number of nitrogens with zero attached hydrogens (tertiary/aromatic N) is 1. The van der Waals surface area contributed by atoms with Crippen molar-refractivity contribution >= 4 is 41.5 Å². The normalized spacial score (nSPS) is 23.4. The van der Waals surface area contributed by atoms with Crippen molar-refractivity contribution in [2.45, 2.75) is 38.8 Å². The minimum Gasteiger partial charge on any atom is -0.375 e. The molecule has 2 fully saturated rings. The number of amides is 3. The van der Waals surface area contributed by atoms with Crippen LogP contribution in [0.15, 0.2) is 18.2 Å². The minimum atomic E-state index is -0.432. The van der Waals surface area contributed by atoms with Gasteiger partial charge >= 0.3 is 0 Å². The molecule has 0 radical (unpaired) electrons. The lowest BCUT2D eigenvalue weighted by atomic mass is 10.1. The number of hydrogen-bond donors (Lipinski definition) is 2. The first-order valence-corrected chi connectivity index (χ1v) is 8.09. The van der Waals surface area contributed by atoms with Crippen LogP contribution in [0, 0.1) is 6.92 Å². The highest BCUT2D eigenvalue weighted by Crippen LogP contribution is 2.29. The molecule has 0 aliphatic carbocycles. The lowest BCUT2D eigenvalue weighted by Gasteiger charge is -2.29. The van der Waals surface area contributed by atoms with E-state index in [1.165, 1.54) is 4.90 Å². The van der Waals surface area contributed by atoms with Crippen LogP contribution in [0.5, 0.6) is 0 Å². The Morgan fingerprint density at radius 3 is 2.60 bits per heavy atom. The zero-order chi connectivity index (χ0) is 17.3. The lowest BCUT2D eigenvalue weighted by Crippen LogP contribution is -2.53. The summed E-state index contributed by atoms with van der Waals surface area (Å²) in [5.74, 6) is -0.610. The SMILES string of the molecule is Cc1ccc(NC(=O)[C@H]2NCCO[C@@H]2C)cc1N1C(=O)CCC1=O.Cl. The number of carbonyl (C=O) groups is 3. The molecular weight excluding hydrogens is 346 g/mol.